The van der Waals surface area contributed by atoms with Gasteiger partial charge in [0.05, 0.1) is 17.7 Å². The Kier molecular flexibility index (Phi) is 6.06. The van der Waals surface area contributed by atoms with Crippen LogP contribution in [0.3, 0.4) is 0 Å². The van der Waals surface area contributed by atoms with Crippen molar-refractivity contribution in [3.05, 3.63) is 53.8 Å². The lowest BCUT2D eigenvalue weighted by molar-refractivity contribution is -0.129. The molecule has 1 atom stereocenters. The minimum Gasteiger partial charge on any atom is -0.460 e. The van der Waals surface area contributed by atoms with Crippen LogP contribution in [0.4, 0.5) is 0 Å². The standard InChI is InChI=1S/C21H22N2O5/c1-13-8-9-19(27-13)18-12-16(15-6-4-5-7-17(15)23-18)21(25)28-14(2)20(24)22-10-11-26-3/h4-9,12,14H,10-11H2,1-3H3,(H,22,24)/t14-/m1/s1. The number of amides is 1. The van der Waals surface area contributed by atoms with E-state index in [1.165, 1.54) is 6.92 Å². The van der Waals surface area contributed by atoms with Gasteiger partial charge in [0.25, 0.3) is 5.91 Å². The lowest BCUT2D eigenvalue weighted by Crippen LogP contribution is -2.37. The van der Waals surface area contributed by atoms with Gasteiger partial charge in [-0.15, -0.1) is 0 Å². The van der Waals surface area contributed by atoms with E-state index < -0.39 is 12.1 Å². The fourth-order valence-electron chi connectivity index (χ4n) is 2.74. The summed E-state index contributed by atoms with van der Waals surface area (Å²) >= 11 is 0. The van der Waals surface area contributed by atoms with E-state index in [0.29, 0.717) is 41.1 Å². The number of carbonyl (C=O) groups excluding carboxylic acids is 2. The van der Waals surface area contributed by atoms with Crippen molar-refractivity contribution in [2.45, 2.75) is 20.0 Å². The summed E-state index contributed by atoms with van der Waals surface area (Å²) in [5.41, 5.74) is 1.49. The first-order chi connectivity index (χ1) is 13.5. The Hall–Kier alpha value is -3.19. The number of esters is 1. The number of hydrogen-bond acceptors (Lipinski definition) is 6. The quantitative estimate of drug-likeness (QED) is 0.499. The zero-order valence-electron chi connectivity index (χ0n) is 16.0. The molecule has 0 aliphatic rings. The Balaban J connectivity index is 1.88. The number of fused-ring (bicyclic) bond motifs is 1. The Labute approximate surface area is 162 Å². The van der Waals surface area contributed by atoms with Crippen LogP contribution in [0.25, 0.3) is 22.4 Å². The summed E-state index contributed by atoms with van der Waals surface area (Å²) in [5, 5.41) is 3.29. The molecule has 7 heteroatoms. The summed E-state index contributed by atoms with van der Waals surface area (Å²) in [5.74, 6) is 0.321. The lowest BCUT2D eigenvalue weighted by Gasteiger charge is -2.14. The number of hydrogen-bond donors (Lipinski definition) is 1. The molecule has 2 heterocycles. The highest BCUT2D eigenvalue weighted by molar-refractivity contribution is 6.05. The van der Waals surface area contributed by atoms with Gasteiger partial charge in [-0.1, -0.05) is 18.2 Å². The van der Waals surface area contributed by atoms with Gasteiger partial charge in [0.1, 0.15) is 11.5 Å². The maximum Gasteiger partial charge on any atom is 0.339 e. The summed E-state index contributed by atoms with van der Waals surface area (Å²) in [6.07, 6.45) is -0.939. The Bertz CT molecular complexity index is 995. The molecule has 0 fully saturated rings. The third kappa shape index (κ3) is 4.37. The summed E-state index contributed by atoms with van der Waals surface area (Å²) in [7, 11) is 1.54. The van der Waals surface area contributed by atoms with Gasteiger partial charge in [0, 0.05) is 19.0 Å². The fraction of sp³-hybridized carbons (Fsp3) is 0.286. The van der Waals surface area contributed by atoms with Gasteiger partial charge >= 0.3 is 5.97 Å². The van der Waals surface area contributed by atoms with E-state index in [2.05, 4.69) is 10.3 Å². The topological polar surface area (TPSA) is 90.7 Å². The predicted octanol–water partition coefficient (Wildman–Crippen LogP) is 3.11. The number of ether oxygens (including phenoxy) is 2. The van der Waals surface area contributed by atoms with Crippen molar-refractivity contribution in [2.75, 3.05) is 20.3 Å². The van der Waals surface area contributed by atoms with Crippen molar-refractivity contribution in [1.29, 1.82) is 0 Å². The van der Waals surface area contributed by atoms with Gasteiger partial charge in [0.2, 0.25) is 0 Å². The average Bonchev–Trinajstić information content (AvgIpc) is 3.13. The van der Waals surface area contributed by atoms with Gasteiger partial charge in [-0.05, 0) is 38.1 Å². The molecule has 1 amide bonds. The van der Waals surface area contributed by atoms with Gasteiger partial charge in [-0.25, -0.2) is 9.78 Å². The van der Waals surface area contributed by atoms with Crippen molar-refractivity contribution in [1.82, 2.24) is 10.3 Å². The molecule has 3 rings (SSSR count). The maximum absolute atomic E-state index is 12.8. The average molecular weight is 382 g/mol. The van der Waals surface area contributed by atoms with Gasteiger partial charge < -0.3 is 19.2 Å². The van der Waals surface area contributed by atoms with Crippen molar-refractivity contribution in [2.24, 2.45) is 0 Å². The number of para-hydroxylation sites is 1. The molecule has 7 nitrogen and oxygen atoms in total. The van der Waals surface area contributed by atoms with Crippen LogP contribution in [-0.2, 0) is 14.3 Å². The van der Waals surface area contributed by atoms with E-state index in [-0.39, 0.29) is 5.91 Å². The number of furan rings is 1. The normalized spacial score (nSPS) is 12.0. The van der Waals surface area contributed by atoms with Crippen molar-refractivity contribution < 1.29 is 23.5 Å². The number of benzene rings is 1. The van der Waals surface area contributed by atoms with Crippen molar-refractivity contribution in [3.63, 3.8) is 0 Å². The summed E-state index contributed by atoms with van der Waals surface area (Å²) in [4.78, 5) is 29.4. The van der Waals surface area contributed by atoms with Crippen molar-refractivity contribution in [3.8, 4) is 11.5 Å². The zero-order valence-corrected chi connectivity index (χ0v) is 16.0. The highest BCUT2D eigenvalue weighted by Crippen LogP contribution is 2.27. The Morgan fingerprint density at radius 1 is 1.21 bits per heavy atom. The molecule has 0 spiro atoms. The Morgan fingerprint density at radius 2 is 2.00 bits per heavy atom. The minimum absolute atomic E-state index is 0.325. The molecule has 0 aliphatic heterocycles. The zero-order chi connectivity index (χ0) is 20.1. The van der Waals surface area contributed by atoms with E-state index in [1.807, 2.05) is 31.2 Å². The first kappa shape index (κ1) is 19.6. The molecule has 1 N–H and O–H groups in total. The van der Waals surface area contributed by atoms with Crippen LogP contribution < -0.4 is 5.32 Å². The number of aryl methyl sites for hydroxylation is 1. The second-order valence-corrected chi connectivity index (χ2v) is 6.31. The van der Waals surface area contributed by atoms with Crippen LogP contribution in [0.1, 0.15) is 23.0 Å². The van der Waals surface area contributed by atoms with E-state index in [0.717, 1.165) is 5.76 Å². The maximum atomic E-state index is 12.8. The number of rotatable bonds is 7. The van der Waals surface area contributed by atoms with Crippen LogP contribution in [-0.4, -0.2) is 43.2 Å². The number of aromatic nitrogens is 1. The molecule has 3 aromatic rings. The molecule has 0 aliphatic carbocycles. The summed E-state index contributed by atoms with van der Waals surface area (Å²) in [6, 6.07) is 12.5. The predicted molar refractivity (Wildman–Crippen MR) is 104 cm³/mol. The van der Waals surface area contributed by atoms with Crippen LogP contribution in [0, 0.1) is 6.92 Å². The first-order valence-electron chi connectivity index (χ1n) is 8.94. The molecule has 146 valence electrons. The first-order valence-corrected chi connectivity index (χ1v) is 8.94. The van der Waals surface area contributed by atoms with Gasteiger partial charge in [0.15, 0.2) is 11.9 Å². The van der Waals surface area contributed by atoms with Crippen molar-refractivity contribution >= 4 is 22.8 Å². The third-order valence-corrected chi connectivity index (χ3v) is 4.19. The SMILES string of the molecule is COCCNC(=O)[C@@H](C)OC(=O)c1cc(-c2ccc(C)o2)nc2ccccc12. The second kappa shape index (κ2) is 8.67. The van der Waals surface area contributed by atoms with Crippen LogP contribution in [0.2, 0.25) is 0 Å². The lowest BCUT2D eigenvalue weighted by atomic mass is 10.1. The molecule has 0 radical (unpaired) electrons. The molecular weight excluding hydrogens is 360 g/mol. The van der Waals surface area contributed by atoms with Crippen LogP contribution in [0.15, 0.2) is 46.9 Å². The number of carbonyl (C=O) groups is 2. The third-order valence-electron chi connectivity index (χ3n) is 4.19. The number of nitrogens with one attached hydrogen (secondary N) is 1. The van der Waals surface area contributed by atoms with Gasteiger partial charge in [-0.2, -0.15) is 0 Å². The second-order valence-electron chi connectivity index (χ2n) is 6.31. The molecule has 0 unspecified atom stereocenters. The van der Waals surface area contributed by atoms with E-state index >= 15 is 0 Å². The molecule has 0 bridgehead atoms. The summed E-state index contributed by atoms with van der Waals surface area (Å²) < 4.78 is 15.9. The monoisotopic (exact) mass is 382 g/mol. The number of methoxy groups -OCH3 is 1. The van der Waals surface area contributed by atoms with E-state index in [1.54, 1.807) is 25.3 Å². The fourth-order valence-corrected chi connectivity index (χ4v) is 2.74. The highest BCUT2D eigenvalue weighted by atomic mass is 16.5. The van der Waals surface area contributed by atoms with E-state index in [9.17, 15) is 9.59 Å². The van der Waals surface area contributed by atoms with Crippen LogP contribution >= 0.6 is 0 Å². The highest BCUT2D eigenvalue weighted by Gasteiger charge is 2.22. The van der Waals surface area contributed by atoms with E-state index in [4.69, 9.17) is 13.9 Å². The minimum atomic E-state index is -0.939. The number of pyridine rings is 1. The smallest absolute Gasteiger partial charge is 0.339 e. The molecule has 28 heavy (non-hydrogen) atoms. The Morgan fingerprint density at radius 3 is 2.71 bits per heavy atom. The molecular formula is C21H22N2O5. The van der Waals surface area contributed by atoms with Crippen LogP contribution in [0.5, 0.6) is 0 Å². The molecule has 2 aromatic heterocycles. The molecule has 1 aromatic carbocycles. The van der Waals surface area contributed by atoms with Gasteiger partial charge in [-0.3, -0.25) is 4.79 Å². The molecule has 0 saturated heterocycles. The number of nitrogens with zero attached hydrogens (tertiary/aromatic N) is 1. The largest absolute Gasteiger partial charge is 0.460 e. The molecule has 0 saturated carbocycles. The summed E-state index contributed by atoms with van der Waals surface area (Å²) in [6.45, 7) is 4.09.